The summed E-state index contributed by atoms with van der Waals surface area (Å²) in [5.74, 6) is 0. The van der Waals surface area contributed by atoms with E-state index in [0.29, 0.717) is 6.04 Å². The van der Waals surface area contributed by atoms with Gasteiger partial charge in [0.15, 0.2) is 0 Å². The summed E-state index contributed by atoms with van der Waals surface area (Å²) in [7, 11) is 2.02. The average molecular weight is 246 g/mol. The predicted octanol–water partition coefficient (Wildman–Crippen LogP) is 3.21. The number of thiazole rings is 1. The minimum absolute atomic E-state index is 0.359. The molecule has 1 N–H and O–H groups in total. The van der Waals surface area contributed by atoms with Gasteiger partial charge in [0.1, 0.15) is 0 Å². The maximum atomic E-state index is 4.36. The number of hydrogen-bond donors (Lipinski definition) is 1. The molecule has 0 radical (unpaired) electrons. The molecule has 1 unspecified atom stereocenters. The molecule has 0 fully saturated rings. The second-order valence-corrected chi connectivity index (χ2v) is 5.00. The van der Waals surface area contributed by atoms with Gasteiger partial charge in [-0.05, 0) is 24.6 Å². The zero-order chi connectivity index (χ0) is 12.1. The predicted molar refractivity (Wildman–Crippen MR) is 73.4 cm³/mol. The largest absolute Gasteiger partial charge is 0.313 e. The van der Waals surface area contributed by atoms with Crippen LogP contribution in [0.4, 0.5) is 0 Å². The van der Waals surface area contributed by atoms with Gasteiger partial charge < -0.3 is 5.32 Å². The Morgan fingerprint density at radius 1 is 1.35 bits per heavy atom. The van der Waals surface area contributed by atoms with E-state index in [-0.39, 0.29) is 0 Å². The van der Waals surface area contributed by atoms with Crippen molar-refractivity contribution in [1.29, 1.82) is 0 Å². The summed E-state index contributed by atoms with van der Waals surface area (Å²) in [6.45, 7) is 2.20. The van der Waals surface area contributed by atoms with Gasteiger partial charge in [-0.15, -0.1) is 11.3 Å². The van der Waals surface area contributed by atoms with Gasteiger partial charge in [0.25, 0.3) is 0 Å². The Balaban J connectivity index is 2.22. The highest BCUT2D eigenvalue weighted by molar-refractivity contribution is 7.09. The van der Waals surface area contributed by atoms with Gasteiger partial charge in [-0.3, -0.25) is 0 Å². The van der Waals surface area contributed by atoms with Gasteiger partial charge in [-0.25, -0.2) is 4.98 Å². The Kier molecular flexibility index (Phi) is 4.29. The second kappa shape index (κ2) is 5.94. The number of benzene rings is 1. The normalized spacial score (nSPS) is 12.6. The molecule has 17 heavy (non-hydrogen) atoms. The van der Waals surface area contributed by atoms with Crippen molar-refractivity contribution in [2.45, 2.75) is 25.8 Å². The Hall–Kier alpha value is -1.19. The van der Waals surface area contributed by atoms with Crippen molar-refractivity contribution in [1.82, 2.24) is 10.3 Å². The van der Waals surface area contributed by atoms with Crippen molar-refractivity contribution < 1.29 is 0 Å². The second-order valence-electron chi connectivity index (χ2n) is 4.02. The van der Waals surface area contributed by atoms with Crippen molar-refractivity contribution in [3.05, 3.63) is 52.0 Å². The molecule has 1 atom stereocenters. The van der Waals surface area contributed by atoms with Gasteiger partial charge in [0.05, 0.1) is 5.01 Å². The summed E-state index contributed by atoms with van der Waals surface area (Å²) in [6, 6.07) is 9.01. The first-order chi connectivity index (χ1) is 8.35. The number of likely N-dealkylation sites (N-methyl/N-ethyl adjacent to an activating group) is 1. The third-order valence-electron chi connectivity index (χ3n) is 3.02. The number of aromatic nitrogens is 1. The molecule has 0 aliphatic carbocycles. The molecule has 0 aliphatic rings. The van der Waals surface area contributed by atoms with Crippen LogP contribution < -0.4 is 5.32 Å². The molecule has 0 amide bonds. The lowest BCUT2D eigenvalue weighted by Crippen LogP contribution is -2.20. The monoisotopic (exact) mass is 246 g/mol. The average Bonchev–Trinajstić information content (AvgIpc) is 2.89. The smallest absolute Gasteiger partial charge is 0.0943 e. The Bertz CT molecular complexity index is 451. The first-order valence-electron chi connectivity index (χ1n) is 5.98. The number of nitrogens with zero attached hydrogens (tertiary/aromatic N) is 1. The highest BCUT2D eigenvalue weighted by Gasteiger charge is 2.14. The van der Waals surface area contributed by atoms with Crippen LogP contribution in [0.2, 0.25) is 0 Å². The Morgan fingerprint density at radius 3 is 2.82 bits per heavy atom. The van der Waals surface area contributed by atoms with Crippen molar-refractivity contribution >= 4 is 11.3 Å². The molecule has 3 heteroatoms. The summed E-state index contributed by atoms with van der Waals surface area (Å²) in [4.78, 5) is 4.36. The van der Waals surface area contributed by atoms with E-state index in [9.17, 15) is 0 Å². The third-order valence-corrected chi connectivity index (χ3v) is 3.82. The van der Waals surface area contributed by atoms with E-state index >= 15 is 0 Å². The maximum absolute atomic E-state index is 4.36. The molecule has 1 heterocycles. The van der Waals surface area contributed by atoms with Crippen LogP contribution in [0.1, 0.15) is 29.1 Å². The topological polar surface area (TPSA) is 24.9 Å². The van der Waals surface area contributed by atoms with Crippen LogP contribution in [0.15, 0.2) is 35.8 Å². The molecule has 0 saturated heterocycles. The van der Waals surface area contributed by atoms with Crippen LogP contribution in [-0.4, -0.2) is 12.0 Å². The van der Waals surface area contributed by atoms with Crippen LogP contribution in [-0.2, 0) is 12.8 Å². The van der Waals surface area contributed by atoms with Crippen LogP contribution in [0.25, 0.3) is 0 Å². The van der Waals surface area contributed by atoms with E-state index in [4.69, 9.17) is 0 Å². The molecular weight excluding hydrogens is 228 g/mol. The van der Waals surface area contributed by atoms with Gasteiger partial charge in [0, 0.05) is 24.0 Å². The first-order valence-corrected chi connectivity index (χ1v) is 6.86. The van der Waals surface area contributed by atoms with E-state index in [1.54, 1.807) is 11.3 Å². The van der Waals surface area contributed by atoms with Crippen LogP contribution in [0.3, 0.4) is 0 Å². The van der Waals surface area contributed by atoms with Crippen molar-refractivity contribution in [3.8, 4) is 0 Å². The third kappa shape index (κ3) is 2.93. The zero-order valence-electron chi connectivity index (χ0n) is 10.3. The van der Waals surface area contributed by atoms with Crippen molar-refractivity contribution in [3.63, 3.8) is 0 Å². The van der Waals surface area contributed by atoms with E-state index < -0.39 is 0 Å². The van der Waals surface area contributed by atoms with E-state index in [1.807, 2.05) is 18.6 Å². The fraction of sp³-hybridized carbons (Fsp3) is 0.357. The standard InChI is InChI=1S/C14H18N2S/c1-3-11-6-4-5-7-12(11)13(15-2)10-14-16-8-9-17-14/h4-9,13,15H,3,10H2,1-2H3. The van der Waals surface area contributed by atoms with Gasteiger partial charge in [0.2, 0.25) is 0 Å². The van der Waals surface area contributed by atoms with Gasteiger partial charge in [-0.1, -0.05) is 31.2 Å². The number of rotatable bonds is 5. The molecule has 2 aromatic rings. The van der Waals surface area contributed by atoms with Crippen LogP contribution in [0.5, 0.6) is 0 Å². The van der Waals surface area contributed by atoms with E-state index in [2.05, 4.69) is 41.5 Å². The molecule has 0 bridgehead atoms. The number of aryl methyl sites for hydroxylation is 1. The number of hydrogen-bond acceptors (Lipinski definition) is 3. The van der Waals surface area contributed by atoms with Crippen molar-refractivity contribution in [2.24, 2.45) is 0 Å². The molecular formula is C14H18N2S. The number of nitrogens with one attached hydrogen (secondary N) is 1. The highest BCUT2D eigenvalue weighted by Crippen LogP contribution is 2.23. The lowest BCUT2D eigenvalue weighted by molar-refractivity contribution is 0.585. The molecule has 0 saturated carbocycles. The quantitative estimate of drug-likeness (QED) is 0.876. The molecule has 1 aromatic carbocycles. The lowest BCUT2D eigenvalue weighted by Gasteiger charge is -2.18. The maximum Gasteiger partial charge on any atom is 0.0943 e. The minimum atomic E-state index is 0.359. The summed E-state index contributed by atoms with van der Waals surface area (Å²) in [5, 5.41) is 6.62. The molecule has 2 rings (SSSR count). The highest BCUT2D eigenvalue weighted by atomic mass is 32.1. The molecule has 0 spiro atoms. The molecule has 90 valence electrons. The van der Waals surface area contributed by atoms with Gasteiger partial charge >= 0.3 is 0 Å². The first kappa shape index (κ1) is 12.3. The lowest BCUT2D eigenvalue weighted by atomic mass is 9.97. The summed E-state index contributed by atoms with van der Waals surface area (Å²) >= 11 is 1.72. The van der Waals surface area contributed by atoms with Crippen LogP contribution >= 0.6 is 11.3 Å². The van der Waals surface area contributed by atoms with Crippen LogP contribution in [0, 0.1) is 0 Å². The summed E-state index contributed by atoms with van der Waals surface area (Å²) in [5.41, 5.74) is 2.82. The van der Waals surface area contributed by atoms with Crippen molar-refractivity contribution in [2.75, 3.05) is 7.05 Å². The summed E-state index contributed by atoms with van der Waals surface area (Å²) < 4.78 is 0. The zero-order valence-corrected chi connectivity index (χ0v) is 11.1. The van der Waals surface area contributed by atoms with E-state index in [0.717, 1.165) is 12.8 Å². The fourth-order valence-electron chi connectivity index (χ4n) is 2.09. The molecule has 0 aliphatic heterocycles. The fourth-order valence-corrected chi connectivity index (χ4v) is 2.76. The summed E-state index contributed by atoms with van der Waals surface area (Å²) in [6.07, 6.45) is 3.91. The SMILES string of the molecule is CCc1ccccc1C(Cc1nccs1)NC. The Labute approximate surface area is 107 Å². The van der Waals surface area contributed by atoms with E-state index in [1.165, 1.54) is 16.1 Å². The minimum Gasteiger partial charge on any atom is -0.313 e. The molecule has 2 nitrogen and oxygen atoms in total. The van der Waals surface area contributed by atoms with Gasteiger partial charge in [-0.2, -0.15) is 0 Å². The Morgan fingerprint density at radius 2 is 2.18 bits per heavy atom. The molecule has 1 aromatic heterocycles.